The molecule has 2 aromatic carbocycles. The number of anilines is 1. The van der Waals surface area contributed by atoms with Crippen molar-refractivity contribution >= 4 is 29.1 Å². The molecule has 2 saturated heterocycles. The molecule has 0 bridgehead atoms. The van der Waals surface area contributed by atoms with Gasteiger partial charge in [0.1, 0.15) is 5.75 Å². The lowest BCUT2D eigenvalue weighted by Gasteiger charge is -2.39. The van der Waals surface area contributed by atoms with Crippen LogP contribution in [-0.4, -0.2) is 50.6 Å². The van der Waals surface area contributed by atoms with Crippen molar-refractivity contribution in [2.24, 2.45) is 0 Å². The lowest BCUT2D eigenvalue weighted by Crippen LogP contribution is -2.58. The normalized spacial score (nSPS) is 20.9. The number of nitrogens with zero attached hydrogens (tertiary/aromatic N) is 2. The molecule has 158 valence electrons. The van der Waals surface area contributed by atoms with E-state index in [1.54, 1.807) is 37.3 Å². The van der Waals surface area contributed by atoms with Crippen molar-refractivity contribution < 1.29 is 23.8 Å². The Bertz CT molecular complexity index is 995. The van der Waals surface area contributed by atoms with Gasteiger partial charge in [-0.25, -0.2) is 0 Å². The highest BCUT2D eigenvalue weighted by Gasteiger charge is 2.47. The number of methoxy groups -OCH3 is 3. The summed E-state index contributed by atoms with van der Waals surface area (Å²) in [5.74, 6) is 0.635. The van der Waals surface area contributed by atoms with Crippen molar-refractivity contribution in [3.05, 3.63) is 47.0 Å². The minimum atomic E-state index is -0.553. The number of halogens is 1. The van der Waals surface area contributed by atoms with Crippen LogP contribution in [0.3, 0.4) is 0 Å². The van der Waals surface area contributed by atoms with Crippen molar-refractivity contribution in [2.45, 2.75) is 24.9 Å². The molecule has 2 aromatic rings. The summed E-state index contributed by atoms with van der Waals surface area (Å²) in [5, 5.41) is 0.452. The van der Waals surface area contributed by atoms with Crippen molar-refractivity contribution in [1.82, 2.24) is 4.90 Å². The maximum Gasteiger partial charge on any atom is 0.316 e. The molecule has 0 radical (unpaired) electrons. The Hall–Kier alpha value is -2.93. The fraction of sp³-hybridized carbons (Fsp3) is 0.364. The zero-order chi connectivity index (χ0) is 21.4. The smallest absolute Gasteiger partial charge is 0.316 e. The predicted octanol–water partition coefficient (Wildman–Crippen LogP) is 3.44. The van der Waals surface area contributed by atoms with E-state index >= 15 is 0 Å². The Balaban J connectivity index is 1.62. The Morgan fingerprint density at radius 3 is 2.30 bits per heavy atom. The minimum Gasteiger partial charge on any atom is -0.495 e. The van der Waals surface area contributed by atoms with Gasteiger partial charge in [-0.2, -0.15) is 0 Å². The summed E-state index contributed by atoms with van der Waals surface area (Å²) in [7, 11) is 4.67. The summed E-state index contributed by atoms with van der Waals surface area (Å²) in [6.45, 7) is 0.430. The van der Waals surface area contributed by atoms with Crippen LogP contribution < -0.4 is 19.1 Å². The van der Waals surface area contributed by atoms with E-state index in [-0.39, 0.29) is 12.1 Å². The van der Waals surface area contributed by atoms with Gasteiger partial charge in [-0.1, -0.05) is 17.7 Å². The molecule has 2 amide bonds. The third-order valence-electron chi connectivity index (χ3n) is 5.80. The van der Waals surface area contributed by atoms with Crippen LogP contribution in [-0.2, 0) is 9.59 Å². The molecule has 2 aliphatic rings. The second kappa shape index (κ2) is 8.07. The van der Waals surface area contributed by atoms with Crippen LogP contribution in [0.5, 0.6) is 17.2 Å². The number of rotatable bonds is 5. The van der Waals surface area contributed by atoms with Gasteiger partial charge in [-0.05, 0) is 42.7 Å². The molecule has 0 aliphatic carbocycles. The summed E-state index contributed by atoms with van der Waals surface area (Å²) < 4.78 is 16.0. The van der Waals surface area contributed by atoms with Crippen LogP contribution in [0.4, 0.5) is 5.69 Å². The van der Waals surface area contributed by atoms with Crippen LogP contribution in [0.2, 0.25) is 5.02 Å². The molecule has 0 spiro atoms. The van der Waals surface area contributed by atoms with Crippen LogP contribution >= 0.6 is 11.6 Å². The number of ether oxygens (including phenoxy) is 3. The van der Waals surface area contributed by atoms with Gasteiger partial charge < -0.3 is 24.0 Å². The molecule has 2 heterocycles. The summed E-state index contributed by atoms with van der Waals surface area (Å²) >= 11 is 6.10. The van der Waals surface area contributed by atoms with Crippen molar-refractivity contribution in [3.8, 4) is 17.2 Å². The van der Waals surface area contributed by atoms with Gasteiger partial charge in [-0.15, -0.1) is 0 Å². The number of amides is 2. The number of fused-ring (bicyclic) bond motifs is 1. The molecule has 2 fully saturated rings. The van der Waals surface area contributed by atoms with Gasteiger partial charge in [0, 0.05) is 18.3 Å². The first-order valence-corrected chi connectivity index (χ1v) is 10.1. The Kier molecular flexibility index (Phi) is 5.47. The lowest BCUT2D eigenvalue weighted by atomic mass is 10.0. The quantitative estimate of drug-likeness (QED) is 0.680. The molecular formula is C22H23ClN2O5. The van der Waals surface area contributed by atoms with Crippen LogP contribution in [0.1, 0.15) is 24.4 Å². The van der Waals surface area contributed by atoms with Crippen molar-refractivity contribution in [2.75, 3.05) is 32.8 Å². The SMILES string of the molecule is COc1cc(N2CC3CCC(c4ccc(OC)c(OC)c4)N3C(=O)C2=O)ccc1Cl. The van der Waals surface area contributed by atoms with E-state index in [0.29, 0.717) is 34.5 Å². The highest BCUT2D eigenvalue weighted by molar-refractivity contribution is 6.41. The molecule has 4 rings (SSSR count). The van der Waals surface area contributed by atoms with Crippen LogP contribution in [0.15, 0.2) is 36.4 Å². The third-order valence-corrected chi connectivity index (χ3v) is 6.11. The van der Waals surface area contributed by atoms with Crippen molar-refractivity contribution in [1.29, 1.82) is 0 Å². The molecule has 2 unspecified atom stereocenters. The summed E-state index contributed by atoms with van der Waals surface area (Å²) in [4.78, 5) is 29.3. The molecule has 0 saturated carbocycles. The molecule has 2 atom stereocenters. The van der Waals surface area contributed by atoms with E-state index < -0.39 is 11.8 Å². The predicted molar refractivity (Wildman–Crippen MR) is 113 cm³/mol. The second-order valence-electron chi connectivity index (χ2n) is 7.31. The maximum atomic E-state index is 13.1. The van der Waals surface area contributed by atoms with Gasteiger partial charge in [0.2, 0.25) is 0 Å². The Morgan fingerprint density at radius 2 is 1.60 bits per heavy atom. The summed E-state index contributed by atoms with van der Waals surface area (Å²) in [5.41, 5.74) is 1.53. The average molecular weight is 431 g/mol. The maximum absolute atomic E-state index is 13.1. The molecule has 30 heavy (non-hydrogen) atoms. The Labute approximate surface area is 180 Å². The topological polar surface area (TPSA) is 68.3 Å². The fourth-order valence-corrected chi connectivity index (χ4v) is 4.51. The molecular weight excluding hydrogens is 408 g/mol. The highest BCUT2D eigenvalue weighted by atomic mass is 35.5. The van der Waals surface area contributed by atoms with Gasteiger partial charge in [-0.3, -0.25) is 9.59 Å². The summed E-state index contributed by atoms with van der Waals surface area (Å²) in [6.07, 6.45) is 1.58. The molecule has 0 aromatic heterocycles. The number of piperazine rings is 1. The van der Waals surface area contributed by atoms with Gasteiger partial charge >= 0.3 is 11.8 Å². The Morgan fingerprint density at radius 1 is 0.867 bits per heavy atom. The van der Waals surface area contributed by atoms with Crippen LogP contribution in [0, 0.1) is 0 Å². The van der Waals surface area contributed by atoms with E-state index in [2.05, 4.69) is 0 Å². The van der Waals surface area contributed by atoms with E-state index in [0.717, 1.165) is 18.4 Å². The number of hydrogen-bond acceptors (Lipinski definition) is 5. The number of hydrogen-bond donors (Lipinski definition) is 0. The number of carbonyl (C=O) groups excluding carboxylic acids is 2. The molecule has 7 nitrogen and oxygen atoms in total. The second-order valence-corrected chi connectivity index (χ2v) is 7.72. The standard InChI is InChI=1S/C22H23ClN2O5/c1-28-18-9-4-13(10-20(18)30-3)17-8-6-15-12-24(21(26)22(27)25(15)17)14-5-7-16(23)19(11-14)29-2/h4-5,7,9-11,15,17H,6,8,12H2,1-3H3. The average Bonchev–Trinajstić information content (AvgIpc) is 3.20. The zero-order valence-electron chi connectivity index (χ0n) is 17.1. The van der Waals surface area contributed by atoms with Gasteiger partial charge in [0.15, 0.2) is 11.5 Å². The van der Waals surface area contributed by atoms with Crippen molar-refractivity contribution in [3.63, 3.8) is 0 Å². The molecule has 2 aliphatic heterocycles. The van der Waals surface area contributed by atoms with E-state index in [4.69, 9.17) is 25.8 Å². The minimum absolute atomic E-state index is 0.0602. The third kappa shape index (κ3) is 3.33. The number of benzene rings is 2. The zero-order valence-corrected chi connectivity index (χ0v) is 17.8. The highest BCUT2D eigenvalue weighted by Crippen LogP contribution is 2.42. The van der Waals surface area contributed by atoms with Gasteiger partial charge in [0.25, 0.3) is 0 Å². The monoisotopic (exact) mass is 430 g/mol. The summed E-state index contributed by atoms with van der Waals surface area (Å²) in [6, 6.07) is 10.5. The molecule has 8 heteroatoms. The van der Waals surface area contributed by atoms with E-state index in [1.807, 2.05) is 18.2 Å². The largest absolute Gasteiger partial charge is 0.495 e. The molecule has 0 N–H and O–H groups in total. The first kappa shape index (κ1) is 20.3. The van der Waals surface area contributed by atoms with E-state index in [9.17, 15) is 9.59 Å². The first-order chi connectivity index (χ1) is 14.5. The van der Waals surface area contributed by atoms with E-state index in [1.165, 1.54) is 12.0 Å². The number of carbonyl (C=O) groups is 2. The lowest BCUT2D eigenvalue weighted by molar-refractivity contribution is -0.148. The fourth-order valence-electron chi connectivity index (χ4n) is 4.32. The van der Waals surface area contributed by atoms with Gasteiger partial charge in [0.05, 0.1) is 38.4 Å². The first-order valence-electron chi connectivity index (χ1n) is 9.68. The van der Waals surface area contributed by atoms with Crippen LogP contribution in [0.25, 0.3) is 0 Å².